The minimum absolute atomic E-state index is 0.0410. The van der Waals surface area contributed by atoms with Crippen molar-refractivity contribution >= 4 is 11.8 Å². The Kier molecular flexibility index (Phi) is 6.60. The maximum absolute atomic E-state index is 14.3. The van der Waals surface area contributed by atoms with Gasteiger partial charge in [0.1, 0.15) is 5.82 Å². The third-order valence-electron chi connectivity index (χ3n) is 6.21. The molecule has 33 heavy (non-hydrogen) atoms. The van der Waals surface area contributed by atoms with E-state index >= 15 is 0 Å². The molecule has 0 unspecified atom stereocenters. The molecule has 1 fully saturated rings. The van der Waals surface area contributed by atoms with Crippen molar-refractivity contribution < 1.29 is 14.0 Å². The first-order chi connectivity index (χ1) is 15.8. The van der Waals surface area contributed by atoms with E-state index in [1.807, 2.05) is 43.0 Å². The van der Waals surface area contributed by atoms with Gasteiger partial charge in [-0.15, -0.1) is 0 Å². The molecule has 0 bridgehead atoms. The smallest absolute Gasteiger partial charge is 0.253 e. The molecule has 1 N–H and O–H groups in total. The molecule has 2 heterocycles. The van der Waals surface area contributed by atoms with Crippen LogP contribution in [-0.2, 0) is 6.54 Å². The van der Waals surface area contributed by atoms with Crippen LogP contribution < -0.4 is 5.32 Å². The summed E-state index contributed by atoms with van der Waals surface area (Å²) in [5.41, 5.74) is 3.96. The third kappa shape index (κ3) is 4.83. The monoisotopic (exact) mass is 448 g/mol. The standard InChI is InChI=1S/C26H29FN4O2/c1-18-16-22(19(2)31(18)24-7-5-4-6-23(24)27)25(32)28-17-20-8-10-21(11-9-20)26(33)30-14-12-29(3)13-15-30/h4-11,16H,12-15,17H2,1-3H3,(H,28,32). The Morgan fingerprint density at radius 3 is 2.30 bits per heavy atom. The number of aryl methyl sites for hydroxylation is 1. The van der Waals surface area contributed by atoms with E-state index in [4.69, 9.17) is 0 Å². The maximum atomic E-state index is 14.3. The molecule has 172 valence electrons. The minimum atomic E-state index is -0.336. The van der Waals surface area contributed by atoms with Gasteiger partial charge in [0.25, 0.3) is 11.8 Å². The van der Waals surface area contributed by atoms with E-state index in [1.54, 1.807) is 28.8 Å². The predicted octanol–water partition coefficient (Wildman–Crippen LogP) is 3.55. The molecular formula is C26H29FN4O2. The van der Waals surface area contributed by atoms with Crippen LogP contribution in [0.5, 0.6) is 0 Å². The largest absolute Gasteiger partial charge is 0.348 e. The van der Waals surface area contributed by atoms with Crippen molar-refractivity contribution in [1.82, 2.24) is 19.7 Å². The molecule has 0 radical (unpaired) electrons. The van der Waals surface area contributed by atoms with Gasteiger partial charge in [-0.3, -0.25) is 9.59 Å². The molecule has 0 saturated carbocycles. The highest BCUT2D eigenvalue weighted by molar-refractivity contribution is 5.96. The second-order valence-electron chi connectivity index (χ2n) is 8.55. The quantitative estimate of drug-likeness (QED) is 0.650. The second kappa shape index (κ2) is 9.58. The number of rotatable bonds is 5. The van der Waals surface area contributed by atoms with Crippen molar-refractivity contribution in [1.29, 1.82) is 0 Å². The van der Waals surface area contributed by atoms with E-state index in [9.17, 15) is 14.0 Å². The lowest BCUT2D eigenvalue weighted by atomic mass is 10.1. The second-order valence-corrected chi connectivity index (χ2v) is 8.55. The first kappa shape index (κ1) is 22.7. The summed E-state index contributed by atoms with van der Waals surface area (Å²) in [6.07, 6.45) is 0. The zero-order chi connectivity index (χ0) is 23.5. The summed E-state index contributed by atoms with van der Waals surface area (Å²) in [6.45, 7) is 7.24. The van der Waals surface area contributed by atoms with E-state index in [2.05, 4.69) is 17.3 Å². The summed E-state index contributed by atoms with van der Waals surface area (Å²) in [6, 6.07) is 15.7. The average Bonchev–Trinajstić information content (AvgIpc) is 3.12. The van der Waals surface area contributed by atoms with Crippen molar-refractivity contribution in [3.8, 4) is 5.69 Å². The van der Waals surface area contributed by atoms with Gasteiger partial charge < -0.3 is 19.7 Å². The number of benzene rings is 2. The number of piperazine rings is 1. The highest BCUT2D eigenvalue weighted by Gasteiger charge is 2.21. The van der Waals surface area contributed by atoms with Gasteiger partial charge in [0.05, 0.1) is 11.3 Å². The van der Waals surface area contributed by atoms with E-state index in [1.165, 1.54) is 6.07 Å². The molecule has 6 nitrogen and oxygen atoms in total. The molecule has 1 aromatic heterocycles. The van der Waals surface area contributed by atoms with Crippen LogP contribution in [0.25, 0.3) is 5.69 Å². The van der Waals surface area contributed by atoms with Crippen LogP contribution in [0.15, 0.2) is 54.6 Å². The SMILES string of the molecule is Cc1cc(C(=O)NCc2ccc(C(=O)N3CCN(C)CC3)cc2)c(C)n1-c1ccccc1F. The number of likely N-dealkylation sites (N-methyl/N-ethyl adjacent to an activating group) is 1. The summed E-state index contributed by atoms with van der Waals surface area (Å²) in [5, 5.41) is 2.93. The summed E-state index contributed by atoms with van der Waals surface area (Å²) >= 11 is 0. The Hall–Kier alpha value is -3.45. The number of carbonyl (C=O) groups excluding carboxylic acids is 2. The number of halogens is 1. The molecule has 0 aliphatic carbocycles. The van der Waals surface area contributed by atoms with Gasteiger partial charge in [-0.2, -0.15) is 0 Å². The molecule has 7 heteroatoms. The van der Waals surface area contributed by atoms with Crippen molar-refractivity contribution in [2.75, 3.05) is 33.2 Å². The number of amides is 2. The van der Waals surface area contributed by atoms with Crippen LogP contribution in [0.4, 0.5) is 4.39 Å². The highest BCUT2D eigenvalue weighted by Crippen LogP contribution is 2.23. The van der Waals surface area contributed by atoms with E-state index < -0.39 is 0 Å². The Morgan fingerprint density at radius 1 is 0.970 bits per heavy atom. The number of nitrogens with zero attached hydrogens (tertiary/aromatic N) is 3. The Bertz CT molecular complexity index is 1160. The number of aromatic nitrogens is 1. The molecule has 2 aromatic carbocycles. The predicted molar refractivity (Wildman–Crippen MR) is 126 cm³/mol. The Morgan fingerprint density at radius 2 is 1.64 bits per heavy atom. The van der Waals surface area contributed by atoms with Gasteiger partial charge in [0.2, 0.25) is 0 Å². The van der Waals surface area contributed by atoms with E-state index in [-0.39, 0.29) is 17.6 Å². The summed E-state index contributed by atoms with van der Waals surface area (Å²) in [5.74, 6) is -0.514. The van der Waals surface area contributed by atoms with E-state index in [0.29, 0.717) is 29.1 Å². The molecular weight excluding hydrogens is 419 g/mol. The van der Waals surface area contributed by atoms with Crippen LogP contribution in [-0.4, -0.2) is 59.4 Å². The number of hydrogen-bond acceptors (Lipinski definition) is 3. The van der Waals surface area contributed by atoms with Gasteiger partial charge in [0, 0.05) is 49.7 Å². The van der Waals surface area contributed by atoms with Gasteiger partial charge in [-0.1, -0.05) is 24.3 Å². The minimum Gasteiger partial charge on any atom is -0.348 e. The fourth-order valence-corrected chi connectivity index (χ4v) is 4.23. The highest BCUT2D eigenvalue weighted by atomic mass is 19.1. The number of hydrogen-bond donors (Lipinski definition) is 1. The molecule has 4 rings (SSSR count). The van der Waals surface area contributed by atoms with E-state index in [0.717, 1.165) is 37.4 Å². The molecule has 1 aliphatic heterocycles. The van der Waals surface area contributed by atoms with Gasteiger partial charge in [0.15, 0.2) is 0 Å². The average molecular weight is 449 g/mol. The Labute approximate surface area is 193 Å². The topological polar surface area (TPSA) is 57.6 Å². The summed E-state index contributed by atoms with van der Waals surface area (Å²) in [4.78, 5) is 29.6. The molecule has 1 aliphatic rings. The lowest BCUT2D eigenvalue weighted by molar-refractivity contribution is 0.0664. The van der Waals surface area contributed by atoms with Crippen LogP contribution in [0.1, 0.15) is 37.7 Å². The van der Waals surface area contributed by atoms with Crippen molar-refractivity contribution in [3.05, 3.63) is 88.5 Å². The van der Waals surface area contributed by atoms with Crippen molar-refractivity contribution in [2.45, 2.75) is 20.4 Å². The van der Waals surface area contributed by atoms with Gasteiger partial charge in [-0.05, 0) is 56.8 Å². The fraction of sp³-hybridized carbons (Fsp3) is 0.308. The number of para-hydroxylation sites is 1. The molecule has 3 aromatic rings. The third-order valence-corrected chi connectivity index (χ3v) is 6.21. The summed E-state index contributed by atoms with van der Waals surface area (Å²) < 4.78 is 16.0. The maximum Gasteiger partial charge on any atom is 0.253 e. The van der Waals surface area contributed by atoms with Gasteiger partial charge in [-0.25, -0.2) is 4.39 Å². The first-order valence-electron chi connectivity index (χ1n) is 11.1. The molecule has 1 saturated heterocycles. The zero-order valence-corrected chi connectivity index (χ0v) is 19.3. The van der Waals surface area contributed by atoms with Crippen molar-refractivity contribution in [2.24, 2.45) is 0 Å². The first-order valence-corrected chi connectivity index (χ1v) is 11.1. The summed E-state index contributed by atoms with van der Waals surface area (Å²) in [7, 11) is 2.06. The molecule has 0 atom stereocenters. The van der Waals surface area contributed by atoms with Crippen molar-refractivity contribution in [3.63, 3.8) is 0 Å². The normalized spacial score (nSPS) is 14.4. The lowest BCUT2D eigenvalue weighted by Gasteiger charge is -2.32. The van der Waals surface area contributed by atoms with Crippen LogP contribution >= 0.6 is 0 Å². The fourth-order valence-electron chi connectivity index (χ4n) is 4.23. The zero-order valence-electron chi connectivity index (χ0n) is 19.3. The van der Waals surface area contributed by atoms with Crippen LogP contribution in [0, 0.1) is 19.7 Å². The van der Waals surface area contributed by atoms with Gasteiger partial charge >= 0.3 is 0 Å². The molecule has 2 amide bonds. The number of carbonyl (C=O) groups is 2. The Balaban J connectivity index is 1.41. The van der Waals surface area contributed by atoms with Crippen LogP contribution in [0.3, 0.4) is 0 Å². The van der Waals surface area contributed by atoms with Crippen LogP contribution in [0.2, 0.25) is 0 Å². The molecule has 0 spiro atoms. The number of nitrogens with one attached hydrogen (secondary N) is 1. The lowest BCUT2D eigenvalue weighted by Crippen LogP contribution is -2.47.